The molecule has 0 atom stereocenters. The SMILES string of the molecule is Cl.Cl.O=C(NCCNC1CCCCCC1)c1cnc(-c2ccccn2)s1. The Bertz CT molecular complexity index is 646. The van der Waals surface area contributed by atoms with E-state index in [4.69, 9.17) is 0 Å². The van der Waals surface area contributed by atoms with Crippen LogP contribution in [0, 0.1) is 0 Å². The first-order chi connectivity index (χ1) is 11.8. The molecular weight excluding hydrogens is 391 g/mol. The standard InChI is InChI=1S/C18H24N4OS.2ClH/c23-17(21-12-11-19-14-7-3-1-2-4-8-14)16-13-22-18(24-16)15-9-5-6-10-20-15;;/h5-6,9-10,13-14,19H,1-4,7-8,11-12H2,(H,21,23);2*1H. The molecule has 144 valence electrons. The number of thiazole rings is 1. The molecule has 5 nitrogen and oxygen atoms in total. The molecule has 0 aliphatic heterocycles. The van der Waals surface area contributed by atoms with Gasteiger partial charge in [-0.15, -0.1) is 36.2 Å². The van der Waals surface area contributed by atoms with Crippen molar-refractivity contribution in [3.05, 3.63) is 35.5 Å². The summed E-state index contributed by atoms with van der Waals surface area (Å²) >= 11 is 1.38. The lowest BCUT2D eigenvalue weighted by Crippen LogP contribution is -2.36. The predicted molar refractivity (Wildman–Crippen MR) is 112 cm³/mol. The first-order valence-corrected chi connectivity index (χ1v) is 9.53. The molecular formula is C18H26Cl2N4OS. The van der Waals surface area contributed by atoms with Crippen molar-refractivity contribution < 1.29 is 4.79 Å². The Morgan fingerprint density at radius 1 is 1.08 bits per heavy atom. The second-order valence-electron chi connectivity index (χ2n) is 6.14. The molecule has 0 radical (unpaired) electrons. The van der Waals surface area contributed by atoms with Crippen molar-refractivity contribution in [2.45, 2.75) is 44.6 Å². The van der Waals surface area contributed by atoms with Crippen LogP contribution in [0.1, 0.15) is 48.2 Å². The third-order valence-corrected chi connectivity index (χ3v) is 5.33. The van der Waals surface area contributed by atoms with Gasteiger partial charge in [-0.05, 0) is 25.0 Å². The van der Waals surface area contributed by atoms with Gasteiger partial charge in [0, 0.05) is 25.3 Å². The van der Waals surface area contributed by atoms with Gasteiger partial charge >= 0.3 is 0 Å². The number of nitrogens with one attached hydrogen (secondary N) is 2. The van der Waals surface area contributed by atoms with Gasteiger partial charge in [0.05, 0.1) is 11.9 Å². The summed E-state index contributed by atoms with van der Waals surface area (Å²) in [6.07, 6.45) is 11.2. The van der Waals surface area contributed by atoms with Crippen LogP contribution in [-0.2, 0) is 0 Å². The van der Waals surface area contributed by atoms with Gasteiger partial charge in [0.15, 0.2) is 0 Å². The molecule has 0 aromatic carbocycles. The van der Waals surface area contributed by atoms with Gasteiger partial charge in [-0.3, -0.25) is 9.78 Å². The van der Waals surface area contributed by atoms with Crippen LogP contribution in [0.25, 0.3) is 10.7 Å². The molecule has 1 fully saturated rings. The zero-order chi connectivity index (χ0) is 16.6. The molecule has 1 aliphatic rings. The molecule has 0 spiro atoms. The Kier molecular flexibility index (Phi) is 10.7. The van der Waals surface area contributed by atoms with Crippen molar-refractivity contribution in [3.63, 3.8) is 0 Å². The van der Waals surface area contributed by atoms with Crippen molar-refractivity contribution in [2.24, 2.45) is 0 Å². The maximum absolute atomic E-state index is 12.2. The number of halogens is 2. The summed E-state index contributed by atoms with van der Waals surface area (Å²) in [4.78, 5) is 21.4. The number of hydrogen-bond acceptors (Lipinski definition) is 5. The topological polar surface area (TPSA) is 66.9 Å². The fourth-order valence-corrected chi connectivity index (χ4v) is 3.82. The Morgan fingerprint density at radius 3 is 2.54 bits per heavy atom. The van der Waals surface area contributed by atoms with Crippen molar-refractivity contribution in [1.29, 1.82) is 0 Å². The second kappa shape index (κ2) is 12.2. The summed E-state index contributed by atoms with van der Waals surface area (Å²) in [7, 11) is 0. The highest BCUT2D eigenvalue weighted by Crippen LogP contribution is 2.22. The van der Waals surface area contributed by atoms with E-state index in [9.17, 15) is 4.79 Å². The number of rotatable bonds is 6. The van der Waals surface area contributed by atoms with Crippen LogP contribution in [0.5, 0.6) is 0 Å². The number of amides is 1. The quantitative estimate of drug-likeness (QED) is 0.549. The van der Waals surface area contributed by atoms with Gasteiger partial charge in [-0.2, -0.15) is 0 Å². The highest BCUT2D eigenvalue weighted by Gasteiger charge is 2.13. The molecule has 0 bridgehead atoms. The number of nitrogens with zero attached hydrogens (tertiary/aromatic N) is 2. The monoisotopic (exact) mass is 416 g/mol. The highest BCUT2D eigenvalue weighted by atomic mass is 35.5. The van der Waals surface area contributed by atoms with E-state index in [1.807, 2.05) is 18.2 Å². The van der Waals surface area contributed by atoms with Crippen LogP contribution in [0.15, 0.2) is 30.6 Å². The predicted octanol–water partition coefficient (Wildman–Crippen LogP) is 4.09. The number of carbonyl (C=O) groups is 1. The highest BCUT2D eigenvalue weighted by molar-refractivity contribution is 7.16. The van der Waals surface area contributed by atoms with Gasteiger partial charge in [0.1, 0.15) is 9.88 Å². The number of aromatic nitrogens is 2. The molecule has 0 unspecified atom stereocenters. The summed E-state index contributed by atoms with van der Waals surface area (Å²) in [5.41, 5.74) is 0.802. The number of pyridine rings is 1. The molecule has 2 N–H and O–H groups in total. The van der Waals surface area contributed by atoms with E-state index in [-0.39, 0.29) is 30.7 Å². The van der Waals surface area contributed by atoms with Crippen LogP contribution in [-0.4, -0.2) is 35.0 Å². The molecule has 1 aliphatic carbocycles. The smallest absolute Gasteiger partial charge is 0.263 e. The van der Waals surface area contributed by atoms with Crippen molar-refractivity contribution >= 4 is 42.1 Å². The van der Waals surface area contributed by atoms with Gasteiger partial charge in [0.2, 0.25) is 0 Å². The van der Waals surface area contributed by atoms with Gasteiger partial charge in [-0.25, -0.2) is 4.98 Å². The normalized spacial score (nSPS) is 14.6. The molecule has 1 saturated carbocycles. The maximum atomic E-state index is 12.2. The number of carbonyl (C=O) groups excluding carboxylic acids is 1. The van der Waals surface area contributed by atoms with E-state index < -0.39 is 0 Å². The van der Waals surface area contributed by atoms with E-state index in [1.165, 1.54) is 49.9 Å². The second-order valence-corrected chi connectivity index (χ2v) is 7.17. The first kappa shape index (κ1) is 22.8. The van der Waals surface area contributed by atoms with E-state index >= 15 is 0 Å². The molecule has 2 heterocycles. The average Bonchev–Trinajstić information content (AvgIpc) is 2.97. The lowest BCUT2D eigenvalue weighted by molar-refractivity contribution is 0.0957. The van der Waals surface area contributed by atoms with Crippen LogP contribution >= 0.6 is 36.2 Å². The zero-order valence-electron chi connectivity index (χ0n) is 14.6. The minimum atomic E-state index is -0.0580. The molecule has 2 aromatic rings. The van der Waals surface area contributed by atoms with Gasteiger partial charge in [-0.1, -0.05) is 31.7 Å². The Labute approximate surface area is 171 Å². The Balaban J connectivity index is 0.00000169. The number of hydrogen-bond donors (Lipinski definition) is 2. The molecule has 3 rings (SSSR count). The van der Waals surface area contributed by atoms with Crippen molar-refractivity contribution in [3.8, 4) is 10.7 Å². The van der Waals surface area contributed by atoms with Crippen LogP contribution in [0.2, 0.25) is 0 Å². The summed E-state index contributed by atoms with van der Waals surface area (Å²) in [5.74, 6) is -0.0580. The lowest BCUT2D eigenvalue weighted by atomic mass is 10.1. The Morgan fingerprint density at radius 2 is 1.85 bits per heavy atom. The van der Waals surface area contributed by atoms with E-state index in [2.05, 4.69) is 20.6 Å². The van der Waals surface area contributed by atoms with Crippen molar-refractivity contribution in [1.82, 2.24) is 20.6 Å². The largest absolute Gasteiger partial charge is 0.350 e. The summed E-state index contributed by atoms with van der Waals surface area (Å²) < 4.78 is 0. The summed E-state index contributed by atoms with van der Waals surface area (Å²) in [6.45, 7) is 1.47. The van der Waals surface area contributed by atoms with Crippen LogP contribution in [0.3, 0.4) is 0 Å². The van der Waals surface area contributed by atoms with E-state index in [0.29, 0.717) is 17.5 Å². The zero-order valence-corrected chi connectivity index (χ0v) is 17.1. The molecule has 26 heavy (non-hydrogen) atoms. The summed E-state index contributed by atoms with van der Waals surface area (Å²) in [6, 6.07) is 6.30. The molecule has 1 amide bonds. The lowest BCUT2D eigenvalue weighted by Gasteiger charge is -2.16. The van der Waals surface area contributed by atoms with E-state index in [1.54, 1.807) is 12.4 Å². The van der Waals surface area contributed by atoms with E-state index in [0.717, 1.165) is 17.2 Å². The molecule has 2 aromatic heterocycles. The minimum absolute atomic E-state index is 0. The maximum Gasteiger partial charge on any atom is 0.263 e. The van der Waals surface area contributed by atoms with Gasteiger partial charge < -0.3 is 10.6 Å². The third kappa shape index (κ3) is 6.83. The summed E-state index contributed by atoms with van der Waals surface area (Å²) in [5, 5.41) is 7.31. The fraction of sp³-hybridized carbons (Fsp3) is 0.500. The third-order valence-electron chi connectivity index (χ3n) is 4.31. The average molecular weight is 417 g/mol. The van der Waals surface area contributed by atoms with Crippen LogP contribution < -0.4 is 10.6 Å². The molecule has 0 saturated heterocycles. The van der Waals surface area contributed by atoms with Crippen molar-refractivity contribution in [2.75, 3.05) is 13.1 Å². The fourth-order valence-electron chi connectivity index (χ4n) is 3.01. The Hall–Kier alpha value is -1.21. The minimum Gasteiger partial charge on any atom is -0.350 e. The molecule has 8 heteroatoms. The van der Waals surface area contributed by atoms with Gasteiger partial charge in [0.25, 0.3) is 5.91 Å². The first-order valence-electron chi connectivity index (χ1n) is 8.72. The van der Waals surface area contributed by atoms with Crippen LogP contribution in [0.4, 0.5) is 0 Å².